The van der Waals surface area contributed by atoms with Crippen LogP contribution in [0.2, 0.25) is 5.02 Å². The molecule has 0 saturated carbocycles. The van der Waals surface area contributed by atoms with Gasteiger partial charge in [0.15, 0.2) is 6.61 Å². The van der Waals surface area contributed by atoms with Crippen LogP contribution in [0.4, 0.5) is 5.69 Å². The summed E-state index contributed by atoms with van der Waals surface area (Å²) >= 11 is 6.04. The topological polar surface area (TPSA) is 109 Å². The molecule has 0 aliphatic rings. The van der Waals surface area contributed by atoms with Crippen molar-refractivity contribution in [2.24, 2.45) is 5.10 Å². The first kappa shape index (κ1) is 23.9. The molecule has 0 fully saturated rings. The Balaban J connectivity index is 1.80. The number of anilines is 1. The Hall–Kier alpha value is -3.39. The number of benzene rings is 2. The minimum absolute atomic E-state index is 0.0913. The summed E-state index contributed by atoms with van der Waals surface area (Å²) in [5.74, 6) is -1.39. The second kappa shape index (κ2) is 11.7. The van der Waals surface area contributed by atoms with Gasteiger partial charge in [-0.3, -0.25) is 14.4 Å². The summed E-state index contributed by atoms with van der Waals surface area (Å²) < 4.78 is 5.47. The van der Waals surface area contributed by atoms with E-state index in [2.05, 4.69) is 21.2 Å². The lowest BCUT2D eigenvalue weighted by Gasteiger charge is -2.10. The lowest BCUT2D eigenvalue weighted by molar-refractivity contribution is -0.139. The smallest absolute Gasteiger partial charge is 0.329 e. The number of carbonyl (C=O) groups excluding carboxylic acids is 3. The Labute approximate surface area is 186 Å². The van der Waals surface area contributed by atoms with E-state index in [1.165, 1.54) is 6.21 Å². The average Bonchev–Trinajstić information content (AvgIpc) is 2.76. The summed E-state index contributed by atoms with van der Waals surface area (Å²) in [6, 6.07) is 11.9. The summed E-state index contributed by atoms with van der Waals surface area (Å²) in [4.78, 5) is 35.4. The van der Waals surface area contributed by atoms with E-state index in [4.69, 9.17) is 16.3 Å². The van der Waals surface area contributed by atoms with Crippen LogP contribution in [0.5, 0.6) is 5.75 Å². The minimum Gasteiger partial charge on any atom is -0.484 e. The zero-order valence-corrected chi connectivity index (χ0v) is 18.3. The number of nitrogens with one attached hydrogen (secondary N) is 3. The van der Waals surface area contributed by atoms with Gasteiger partial charge in [0.2, 0.25) is 0 Å². The molecule has 0 aliphatic heterocycles. The first-order valence-corrected chi connectivity index (χ1v) is 10.1. The lowest BCUT2D eigenvalue weighted by Crippen LogP contribution is -2.41. The third-order valence-corrected chi connectivity index (χ3v) is 4.78. The predicted molar refractivity (Wildman–Crippen MR) is 120 cm³/mol. The molecule has 2 rings (SSSR count). The molecule has 0 saturated heterocycles. The van der Waals surface area contributed by atoms with Gasteiger partial charge in [-0.25, -0.2) is 5.43 Å². The van der Waals surface area contributed by atoms with Gasteiger partial charge in [0.05, 0.1) is 6.21 Å². The first-order valence-electron chi connectivity index (χ1n) is 9.71. The molecule has 0 unspecified atom stereocenters. The zero-order valence-electron chi connectivity index (χ0n) is 17.6. The highest BCUT2D eigenvalue weighted by Crippen LogP contribution is 2.22. The fourth-order valence-electron chi connectivity index (χ4n) is 2.34. The van der Waals surface area contributed by atoms with E-state index in [1.54, 1.807) is 49.4 Å². The number of hydrogen-bond donors (Lipinski definition) is 3. The number of hydrogen-bond acceptors (Lipinski definition) is 5. The number of carbonyl (C=O) groups is 3. The number of hydrazone groups is 1. The van der Waals surface area contributed by atoms with Crippen molar-refractivity contribution in [1.82, 2.24) is 10.7 Å². The number of nitrogens with zero attached hydrogens (tertiary/aromatic N) is 1. The highest BCUT2D eigenvalue weighted by Gasteiger charge is 2.14. The Morgan fingerprint density at radius 2 is 1.84 bits per heavy atom. The van der Waals surface area contributed by atoms with Crippen molar-refractivity contribution in [3.63, 3.8) is 0 Å². The average molecular weight is 445 g/mol. The molecule has 164 valence electrons. The summed E-state index contributed by atoms with van der Waals surface area (Å²) in [5.41, 5.74) is 4.26. The third kappa shape index (κ3) is 7.75. The maximum atomic E-state index is 12.1. The van der Waals surface area contributed by atoms with Gasteiger partial charge in [0, 0.05) is 16.8 Å². The number of rotatable bonds is 8. The largest absolute Gasteiger partial charge is 0.484 e. The van der Waals surface area contributed by atoms with Crippen LogP contribution in [0.1, 0.15) is 31.4 Å². The molecule has 0 bridgehead atoms. The maximum absolute atomic E-state index is 12.1. The second-order valence-corrected chi connectivity index (χ2v) is 7.21. The summed E-state index contributed by atoms with van der Waals surface area (Å²) in [6.45, 7) is 5.36. The van der Waals surface area contributed by atoms with Crippen molar-refractivity contribution < 1.29 is 19.1 Å². The van der Waals surface area contributed by atoms with Crippen molar-refractivity contribution in [2.45, 2.75) is 33.2 Å². The normalized spacial score (nSPS) is 11.6. The van der Waals surface area contributed by atoms with Gasteiger partial charge in [0.1, 0.15) is 5.75 Å². The van der Waals surface area contributed by atoms with Gasteiger partial charge in [-0.2, -0.15) is 5.10 Å². The molecule has 0 radical (unpaired) electrons. The standard InChI is InChI=1S/C22H25ClN4O4/c1-4-14(2)25-21(29)22(30)27-24-12-16-8-10-17(11-9-16)31-13-20(28)26-19-7-5-6-18(23)15(19)3/h5-12,14H,4,13H2,1-3H3,(H,25,29)(H,26,28)(H,27,30)/b24-12-/t14-/m0/s1. The Bertz CT molecular complexity index is 960. The van der Waals surface area contributed by atoms with Gasteiger partial charge in [-0.15, -0.1) is 0 Å². The summed E-state index contributed by atoms with van der Waals surface area (Å²) in [7, 11) is 0. The molecule has 0 aromatic heterocycles. The summed E-state index contributed by atoms with van der Waals surface area (Å²) in [5, 5.41) is 9.64. The molecule has 1 atom stereocenters. The molecule has 8 nitrogen and oxygen atoms in total. The van der Waals surface area contributed by atoms with E-state index in [9.17, 15) is 14.4 Å². The fourth-order valence-corrected chi connectivity index (χ4v) is 2.51. The van der Waals surface area contributed by atoms with Gasteiger partial charge in [-0.05, 0) is 67.8 Å². The maximum Gasteiger partial charge on any atom is 0.329 e. The van der Waals surface area contributed by atoms with Crippen LogP contribution in [0.25, 0.3) is 0 Å². The van der Waals surface area contributed by atoms with Gasteiger partial charge >= 0.3 is 11.8 Å². The molecule has 3 N–H and O–H groups in total. The van der Waals surface area contributed by atoms with E-state index < -0.39 is 11.8 Å². The zero-order chi connectivity index (χ0) is 22.8. The predicted octanol–water partition coefficient (Wildman–Crippen LogP) is 3.03. The Morgan fingerprint density at radius 1 is 1.13 bits per heavy atom. The molecule has 2 aromatic carbocycles. The molecule has 3 amide bonds. The number of halogens is 1. The van der Waals surface area contributed by atoms with Gasteiger partial charge in [-0.1, -0.05) is 24.6 Å². The molecule has 0 aliphatic carbocycles. The van der Waals surface area contributed by atoms with Crippen LogP contribution in [0.15, 0.2) is 47.6 Å². The third-order valence-electron chi connectivity index (χ3n) is 4.37. The molecule has 2 aromatic rings. The van der Waals surface area contributed by atoms with Gasteiger partial charge in [0.25, 0.3) is 5.91 Å². The van der Waals surface area contributed by atoms with E-state index in [1.807, 2.05) is 13.8 Å². The Morgan fingerprint density at radius 3 is 2.52 bits per heavy atom. The monoisotopic (exact) mass is 444 g/mol. The molecule has 0 spiro atoms. The highest BCUT2D eigenvalue weighted by atomic mass is 35.5. The lowest BCUT2D eigenvalue weighted by atomic mass is 10.2. The first-order chi connectivity index (χ1) is 14.8. The van der Waals surface area contributed by atoms with E-state index in [-0.39, 0.29) is 18.6 Å². The van der Waals surface area contributed by atoms with Crippen LogP contribution < -0.4 is 20.8 Å². The van der Waals surface area contributed by atoms with Crippen LogP contribution in [0.3, 0.4) is 0 Å². The van der Waals surface area contributed by atoms with Crippen LogP contribution >= 0.6 is 11.6 Å². The highest BCUT2D eigenvalue weighted by molar-refractivity contribution is 6.35. The van der Waals surface area contributed by atoms with Crippen LogP contribution in [0, 0.1) is 6.92 Å². The SMILES string of the molecule is CC[C@H](C)NC(=O)C(=O)N/N=C\c1ccc(OCC(=O)Nc2cccc(Cl)c2C)cc1. The fraction of sp³-hybridized carbons (Fsp3) is 0.273. The number of ether oxygens (including phenoxy) is 1. The van der Waals surface area contributed by atoms with Crippen molar-refractivity contribution >= 4 is 41.2 Å². The second-order valence-electron chi connectivity index (χ2n) is 6.80. The van der Waals surface area contributed by atoms with Crippen molar-refractivity contribution in [3.8, 4) is 5.75 Å². The molecule has 0 heterocycles. The molecule has 9 heteroatoms. The van der Waals surface area contributed by atoms with Gasteiger partial charge < -0.3 is 15.4 Å². The molecular formula is C22H25ClN4O4. The minimum atomic E-state index is -0.836. The summed E-state index contributed by atoms with van der Waals surface area (Å²) in [6.07, 6.45) is 2.12. The molecule has 31 heavy (non-hydrogen) atoms. The van der Waals surface area contributed by atoms with Crippen molar-refractivity contribution in [3.05, 3.63) is 58.6 Å². The van der Waals surface area contributed by atoms with E-state index in [0.717, 1.165) is 12.0 Å². The quantitative estimate of drug-likeness (QED) is 0.330. The van der Waals surface area contributed by atoms with E-state index in [0.29, 0.717) is 22.0 Å². The van der Waals surface area contributed by atoms with Crippen molar-refractivity contribution in [2.75, 3.05) is 11.9 Å². The number of amides is 3. The van der Waals surface area contributed by atoms with E-state index >= 15 is 0 Å². The van der Waals surface area contributed by atoms with Crippen molar-refractivity contribution in [1.29, 1.82) is 0 Å². The van der Waals surface area contributed by atoms with Crippen LogP contribution in [-0.4, -0.2) is 36.6 Å². The Kier molecular flexibility index (Phi) is 9.02. The van der Waals surface area contributed by atoms with Crippen LogP contribution in [-0.2, 0) is 14.4 Å². The molecular weight excluding hydrogens is 420 g/mol.